The fraction of sp³-hybridized carbons (Fsp3) is 0.519. The summed E-state index contributed by atoms with van der Waals surface area (Å²) in [4.78, 5) is 19.3. The number of carbonyl (C=O) groups is 1. The summed E-state index contributed by atoms with van der Waals surface area (Å²) in [6, 6.07) is 6.73. The van der Waals surface area contributed by atoms with Crippen LogP contribution in [0.25, 0.3) is 21.3 Å². The van der Waals surface area contributed by atoms with E-state index in [1.165, 1.54) is 18.4 Å². The average Bonchev–Trinajstić information content (AvgIpc) is 3.64. The van der Waals surface area contributed by atoms with E-state index in [1.807, 2.05) is 12.3 Å². The summed E-state index contributed by atoms with van der Waals surface area (Å²) in [7, 11) is -1.41. The number of amides is 1. The largest absolute Gasteiger partial charge is 0.383 e. The first-order valence-corrected chi connectivity index (χ1v) is 15.5. The zero-order valence-corrected chi connectivity index (χ0v) is 23.2. The number of ether oxygens (including phenoxy) is 1. The van der Waals surface area contributed by atoms with Crippen molar-refractivity contribution in [2.75, 3.05) is 39.1 Å². The molecule has 0 saturated carbocycles. The summed E-state index contributed by atoms with van der Waals surface area (Å²) < 4.78 is 31.6. The summed E-state index contributed by atoms with van der Waals surface area (Å²) in [5.74, 6) is -0.107. The number of H-pyrrole nitrogens is 1. The lowest BCUT2D eigenvalue weighted by atomic mass is 9.89. The Labute approximate surface area is 222 Å². The summed E-state index contributed by atoms with van der Waals surface area (Å²) in [5.41, 5.74) is 10.4. The van der Waals surface area contributed by atoms with E-state index in [4.69, 9.17) is 10.5 Å². The number of hydrogen-bond acceptors (Lipinski definition) is 6. The van der Waals surface area contributed by atoms with Crippen LogP contribution in [0.3, 0.4) is 0 Å². The van der Waals surface area contributed by atoms with Crippen molar-refractivity contribution in [1.29, 1.82) is 0 Å². The number of benzene rings is 1. The first-order valence-electron chi connectivity index (χ1n) is 13.0. The number of primary amides is 1. The molecule has 1 unspecified atom stereocenters. The number of likely N-dealkylation sites (tertiary alicyclic amines) is 1. The molecule has 3 N–H and O–H groups in total. The molecule has 2 aromatic heterocycles. The minimum Gasteiger partial charge on any atom is -0.383 e. The van der Waals surface area contributed by atoms with E-state index in [1.54, 1.807) is 29.7 Å². The Balaban J connectivity index is 1.42. The maximum Gasteiger partial charge on any atom is 0.250 e. The molecule has 10 heteroatoms. The van der Waals surface area contributed by atoms with E-state index in [2.05, 4.69) is 27.4 Å². The number of methoxy groups -OCH3 is 1. The number of nitrogens with one attached hydrogen (secondary N) is 1. The van der Waals surface area contributed by atoms with Gasteiger partial charge in [-0.1, -0.05) is 0 Å². The van der Waals surface area contributed by atoms with Crippen molar-refractivity contribution in [3.8, 4) is 10.4 Å². The van der Waals surface area contributed by atoms with Gasteiger partial charge < -0.3 is 15.5 Å². The Morgan fingerprint density at radius 2 is 1.97 bits per heavy atom. The lowest BCUT2D eigenvalue weighted by Crippen LogP contribution is -2.38. The van der Waals surface area contributed by atoms with Gasteiger partial charge in [-0.05, 0) is 85.3 Å². The first-order chi connectivity index (χ1) is 17.8. The van der Waals surface area contributed by atoms with Crippen LogP contribution >= 0.6 is 11.3 Å². The predicted octanol–water partition coefficient (Wildman–Crippen LogP) is 4.14. The van der Waals surface area contributed by atoms with Gasteiger partial charge in [-0.15, -0.1) is 11.3 Å². The second kappa shape index (κ2) is 10.9. The van der Waals surface area contributed by atoms with Crippen LogP contribution in [0.4, 0.5) is 0 Å². The molecule has 2 aliphatic heterocycles. The monoisotopic (exact) mass is 544 g/mol. The van der Waals surface area contributed by atoms with E-state index in [9.17, 15) is 13.2 Å². The van der Waals surface area contributed by atoms with Crippen LogP contribution in [0.5, 0.6) is 0 Å². The molecule has 0 bridgehead atoms. The second-order valence-corrected chi connectivity index (χ2v) is 13.3. The van der Waals surface area contributed by atoms with Gasteiger partial charge in [0.1, 0.15) is 0 Å². The molecule has 3 aromatic rings. The van der Waals surface area contributed by atoms with Gasteiger partial charge in [0.25, 0.3) is 5.91 Å². The highest BCUT2D eigenvalue weighted by Gasteiger charge is 2.29. The molecule has 5 rings (SSSR count). The molecule has 0 spiro atoms. The van der Waals surface area contributed by atoms with Crippen LogP contribution in [0.1, 0.15) is 60.0 Å². The van der Waals surface area contributed by atoms with Crippen molar-refractivity contribution in [2.45, 2.75) is 51.1 Å². The lowest BCUT2D eigenvalue weighted by molar-refractivity contribution is 0.100. The Morgan fingerprint density at radius 3 is 2.68 bits per heavy atom. The molecule has 200 valence electrons. The van der Waals surface area contributed by atoms with Crippen molar-refractivity contribution in [2.24, 2.45) is 5.73 Å². The molecular formula is C27H36N4O4S2. The van der Waals surface area contributed by atoms with Gasteiger partial charge in [0, 0.05) is 49.2 Å². The van der Waals surface area contributed by atoms with E-state index in [0.717, 1.165) is 59.4 Å². The van der Waals surface area contributed by atoms with E-state index in [-0.39, 0.29) is 11.7 Å². The molecule has 4 heterocycles. The molecule has 2 aliphatic rings. The Morgan fingerprint density at radius 1 is 1.19 bits per heavy atom. The number of fused-ring (bicyclic) bond motifs is 1. The van der Waals surface area contributed by atoms with Gasteiger partial charge >= 0.3 is 0 Å². The minimum atomic E-state index is -3.17. The van der Waals surface area contributed by atoms with Crippen molar-refractivity contribution < 1.29 is 17.9 Å². The third-order valence-electron chi connectivity index (χ3n) is 7.92. The molecule has 0 aliphatic carbocycles. The average molecular weight is 545 g/mol. The number of nitrogens with zero attached hydrogens (tertiary/aromatic N) is 2. The van der Waals surface area contributed by atoms with E-state index < -0.39 is 15.9 Å². The first kappa shape index (κ1) is 26.4. The number of aromatic nitrogens is 1. The van der Waals surface area contributed by atoms with Gasteiger partial charge in [0.2, 0.25) is 10.0 Å². The maximum absolute atomic E-state index is 12.4. The third-order valence-corrected chi connectivity index (χ3v) is 10.8. The minimum absolute atomic E-state index is 0.129. The van der Waals surface area contributed by atoms with Crippen LogP contribution < -0.4 is 5.73 Å². The van der Waals surface area contributed by atoms with E-state index in [0.29, 0.717) is 24.7 Å². The van der Waals surface area contributed by atoms with Crippen molar-refractivity contribution in [3.05, 3.63) is 46.5 Å². The third kappa shape index (κ3) is 5.35. The molecule has 37 heavy (non-hydrogen) atoms. The second-order valence-electron chi connectivity index (χ2n) is 10.2. The molecule has 2 saturated heterocycles. The SMILES string of the molecule is CCS(=O)(=O)N1CCC(c2c[nH]c3c(C(N)=O)cc(-c4cc(CN5CCCC5COC)cs4)cc23)CC1. The molecular weight excluding hydrogens is 508 g/mol. The number of carbonyl (C=O) groups excluding carboxylic acids is 1. The van der Waals surface area contributed by atoms with E-state index >= 15 is 0 Å². The van der Waals surface area contributed by atoms with Gasteiger partial charge in [0.05, 0.1) is 23.4 Å². The maximum atomic E-state index is 12.4. The van der Waals surface area contributed by atoms with Crippen LogP contribution in [-0.2, 0) is 21.3 Å². The van der Waals surface area contributed by atoms with Gasteiger partial charge in [-0.2, -0.15) is 0 Å². The number of thiophene rings is 1. The Bertz CT molecular complexity index is 1370. The highest BCUT2D eigenvalue weighted by Crippen LogP contribution is 2.38. The van der Waals surface area contributed by atoms with Gasteiger partial charge in [0.15, 0.2) is 0 Å². The molecule has 8 nitrogen and oxygen atoms in total. The lowest BCUT2D eigenvalue weighted by Gasteiger charge is -2.31. The topological polar surface area (TPSA) is 109 Å². The summed E-state index contributed by atoms with van der Waals surface area (Å²) in [6.07, 6.45) is 5.85. The summed E-state index contributed by atoms with van der Waals surface area (Å²) >= 11 is 1.69. The van der Waals surface area contributed by atoms with Gasteiger partial charge in [-0.25, -0.2) is 12.7 Å². The van der Waals surface area contributed by atoms with Crippen LogP contribution in [0, 0.1) is 0 Å². The Kier molecular flexibility index (Phi) is 7.74. The summed E-state index contributed by atoms with van der Waals surface area (Å²) in [5, 5.41) is 3.20. The van der Waals surface area contributed by atoms with Crippen molar-refractivity contribution >= 4 is 38.2 Å². The van der Waals surface area contributed by atoms with Crippen molar-refractivity contribution in [3.63, 3.8) is 0 Å². The number of piperidine rings is 1. The zero-order valence-electron chi connectivity index (χ0n) is 21.5. The van der Waals surface area contributed by atoms with Crippen LogP contribution in [0.2, 0.25) is 0 Å². The Hall–Kier alpha value is -2.24. The summed E-state index contributed by atoms with van der Waals surface area (Å²) in [6.45, 7) is 5.46. The van der Waals surface area contributed by atoms with Crippen LogP contribution in [0.15, 0.2) is 29.8 Å². The fourth-order valence-corrected chi connectivity index (χ4v) is 7.91. The highest BCUT2D eigenvalue weighted by atomic mass is 32.2. The number of rotatable bonds is 9. The number of nitrogens with two attached hydrogens (primary N) is 1. The quantitative estimate of drug-likeness (QED) is 0.421. The number of aromatic amines is 1. The molecule has 1 amide bonds. The molecule has 2 fully saturated rings. The molecule has 1 aromatic carbocycles. The normalized spacial score (nSPS) is 20.2. The van der Waals surface area contributed by atoms with Crippen LogP contribution in [-0.4, -0.2) is 73.7 Å². The fourth-order valence-electron chi connectivity index (χ4n) is 5.88. The van der Waals surface area contributed by atoms with Gasteiger partial charge in [-0.3, -0.25) is 9.69 Å². The molecule has 1 atom stereocenters. The standard InChI is InChI=1S/C27H36N4O4S2/c1-3-37(33,34)31-9-6-19(7-10-31)24-14-29-26-22(24)12-20(13-23(26)27(28)32)25-11-18(17-36-25)15-30-8-4-5-21(30)16-35-2/h11-14,17,19,21,29H,3-10,15-16H2,1-2H3,(H2,28,32). The smallest absolute Gasteiger partial charge is 0.250 e. The van der Waals surface area contributed by atoms with Crippen molar-refractivity contribution in [1.82, 2.24) is 14.2 Å². The zero-order chi connectivity index (χ0) is 26.2. The number of hydrogen-bond donors (Lipinski definition) is 2. The predicted molar refractivity (Wildman–Crippen MR) is 148 cm³/mol. The number of sulfonamides is 1. The molecule has 0 radical (unpaired) electrons. The highest BCUT2D eigenvalue weighted by molar-refractivity contribution is 7.89.